The van der Waals surface area contributed by atoms with E-state index >= 15 is 0 Å². The van der Waals surface area contributed by atoms with E-state index in [2.05, 4.69) is 76.5 Å². The van der Waals surface area contributed by atoms with Crippen LogP contribution in [-0.4, -0.2) is 109 Å². The number of halogens is 3. The molecule has 1 saturated heterocycles. The summed E-state index contributed by atoms with van der Waals surface area (Å²) in [5.41, 5.74) is -0.147. The van der Waals surface area contributed by atoms with E-state index in [1.54, 1.807) is 60.6 Å². The summed E-state index contributed by atoms with van der Waals surface area (Å²) in [6.07, 6.45) is -2.78. The molecular weight excluding hydrogens is 776 g/mol. The molecule has 0 radical (unpaired) electrons. The monoisotopic (exact) mass is 829 g/mol. The first kappa shape index (κ1) is 46.8. The maximum atomic E-state index is 13.4. The fourth-order valence-corrected chi connectivity index (χ4v) is 9.06. The predicted octanol–water partition coefficient (Wildman–Crippen LogP) is 7.46. The highest BCUT2D eigenvalue weighted by atomic mass is 33.1. The number of aliphatic imine (C=N–C) groups is 1. The number of alkyl halides is 3. The Bertz CT molecular complexity index is 1470. The van der Waals surface area contributed by atoms with Crippen LogP contribution < -0.4 is 11.0 Å². The lowest BCUT2D eigenvalue weighted by Crippen LogP contribution is -2.44. The lowest BCUT2D eigenvalue weighted by molar-refractivity contribution is -0.173. The topological polar surface area (TPSA) is 117 Å². The molecule has 0 aromatic carbocycles. The Balaban J connectivity index is 2.19. The lowest BCUT2D eigenvalue weighted by Gasteiger charge is -2.37. The molecule has 0 spiro atoms. The van der Waals surface area contributed by atoms with Crippen molar-refractivity contribution in [3.05, 3.63) is 22.2 Å². The number of amides is 1. The number of nitrogens with zero attached hydrogens (tertiary/aromatic N) is 4. The molecule has 0 saturated carbocycles. The molecule has 1 N–H and O–H groups in total. The van der Waals surface area contributed by atoms with Gasteiger partial charge in [0, 0.05) is 42.8 Å². The summed E-state index contributed by atoms with van der Waals surface area (Å²) < 4.78 is 63.2. The number of hydrogen-bond acceptors (Lipinski definition) is 12. The summed E-state index contributed by atoms with van der Waals surface area (Å²) in [6, 6.07) is 0. The Morgan fingerprint density at radius 2 is 1.79 bits per heavy atom. The molecule has 2 heterocycles. The molecular formula is C33H54F3N5O6S4Si. The van der Waals surface area contributed by atoms with Crippen molar-refractivity contribution in [3.8, 4) is 11.8 Å². The number of rotatable bonds is 17. The van der Waals surface area contributed by atoms with Crippen LogP contribution in [0.2, 0.25) is 18.1 Å². The Labute approximate surface area is 323 Å². The third-order valence-corrected chi connectivity index (χ3v) is 18.1. The second-order valence-corrected chi connectivity index (χ2v) is 26.2. The van der Waals surface area contributed by atoms with Crippen molar-refractivity contribution < 1.29 is 36.6 Å². The summed E-state index contributed by atoms with van der Waals surface area (Å²) in [6.45, 7) is 21.0. The van der Waals surface area contributed by atoms with Crippen LogP contribution in [0.5, 0.6) is 0 Å². The molecule has 52 heavy (non-hydrogen) atoms. The van der Waals surface area contributed by atoms with Gasteiger partial charge in [-0.3, -0.25) is 9.36 Å². The fraction of sp³-hybridized carbons (Fsp3) is 0.758. The number of aromatic nitrogens is 2. The molecule has 0 aliphatic carbocycles. The van der Waals surface area contributed by atoms with Crippen LogP contribution >= 0.6 is 43.2 Å². The second kappa shape index (κ2) is 20.0. The van der Waals surface area contributed by atoms with E-state index in [1.807, 2.05) is 5.32 Å². The van der Waals surface area contributed by atoms with Gasteiger partial charge in [-0.25, -0.2) is 9.79 Å². The van der Waals surface area contributed by atoms with Gasteiger partial charge in [-0.2, -0.15) is 18.2 Å². The van der Waals surface area contributed by atoms with E-state index in [0.717, 1.165) is 0 Å². The standard InChI is InChI=1S/C33H54F3N5O6S4Si/c1-30(2,3)50-49-22-45-24-16-26(47-25(24)18-46-52(11,12)31(4,5)6)41-17-23(27(39-29(41)43)38-20-40(9)10)14-13-15-44-21-48-51-32(7,8)19-37-28(42)33(34,35)36/h17,20,24-26H,15-16,18-19,21-22H2,1-12H3,(H,37,42)/t24?,25-,26-/m1/s1. The maximum absolute atomic E-state index is 13.4. The van der Waals surface area contributed by atoms with Crippen molar-refractivity contribution in [2.75, 3.05) is 45.7 Å². The van der Waals surface area contributed by atoms with Crippen molar-refractivity contribution >= 4 is 69.6 Å². The van der Waals surface area contributed by atoms with Gasteiger partial charge in [-0.1, -0.05) is 96.6 Å². The molecule has 1 aromatic rings. The van der Waals surface area contributed by atoms with Gasteiger partial charge < -0.3 is 28.9 Å². The Kier molecular flexibility index (Phi) is 18.0. The van der Waals surface area contributed by atoms with Crippen LogP contribution in [0.1, 0.15) is 73.6 Å². The molecule has 3 atom stereocenters. The van der Waals surface area contributed by atoms with Crippen molar-refractivity contribution in [3.63, 3.8) is 0 Å². The third kappa shape index (κ3) is 16.6. The number of nitrogens with one attached hydrogen (secondary N) is 1. The summed E-state index contributed by atoms with van der Waals surface area (Å²) in [5.74, 6) is 4.76. The first-order chi connectivity index (χ1) is 23.8. The molecule has 1 aromatic heterocycles. The van der Waals surface area contributed by atoms with Crippen LogP contribution in [0.4, 0.5) is 19.0 Å². The van der Waals surface area contributed by atoms with E-state index in [4.69, 9.17) is 18.6 Å². The normalized spacial score (nSPS) is 18.8. The molecule has 1 fully saturated rings. The van der Waals surface area contributed by atoms with E-state index < -0.39 is 43.2 Å². The van der Waals surface area contributed by atoms with Crippen LogP contribution in [0.15, 0.2) is 16.0 Å². The van der Waals surface area contributed by atoms with Crippen molar-refractivity contribution in [1.29, 1.82) is 0 Å². The van der Waals surface area contributed by atoms with Gasteiger partial charge in [-0.15, -0.1) is 0 Å². The molecule has 1 amide bonds. The first-order valence-electron chi connectivity index (χ1n) is 16.6. The minimum absolute atomic E-state index is 0.00839. The molecule has 1 aliphatic rings. The molecule has 1 aliphatic heterocycles. The number of carbonyl (C=O) groups is 1. The van der Waals surface area contributed by atoms with Gasteiger partial charge in [0.25, 0.3) is 0 Å². The Morgan fingerprint density at radius 1 is 1.13 bits per heavy atom. The van der Waals surface area contributed by atoms with Gasteiger partial charge in [0.05, 0.1) is 24.6 Å². The van der Waals surface area contributed by atoms with Gasteiger partial charge in [0.1, 0.15) is 30.8 Å². The lowest BCUT2D eigenvalue weighted by atomic mass is 10.2. The number of ether oxygens (including phenoxy) is 3. The summed E-state index contributed by atoms with van der Waals surface area (Å²) >= 11 is 0. The maximum Gasteiger partial charge on any atom is 0.471 e. The van der Waals surface area contributed by atoms with E-state index in [0.29, 0.717) is 24.5 Å². The quantitative estimate of drug-likeness (QED) is 0.0320. The average Bonchev–Trinajstić information content (AvgIpc) is 3.41. The molecule has 2 rings (SSSR count). The van der Waals surface area contributed by atoms with Crippen LogP contribution in [0, 0.1) is 11.8 Å². The number of carbonyl (C=O) groups excluding carboxylic acids is 1. The second-order valence-electron chi connectivity index (χ2n) is 15.4. The van der Waals surface area contributed by atoms with Crippen LogP contribution in [0.25, 0.3) is 0 Å². The highest BCUT2D eigenvalue weighted by Crippen LogP contribution is 2.40. The SMILES string of the molecule is CN(C)C=Nc1nc(=O)n([C@H]2CC(OCSSC(C)(C)C)[C@@H](CO[Si](C)(C)C(C)(C)C)O2)cc1C#CCOCSSC(C)(C)CNC(=O)C(F)(F)F. The minimum atomic E-state index is -4.93. The van der Waals surface area contributed by atoms with Crippen molar-refractivity contribution in [2.24, 2.45) is 4.99 Å². The third-order valence-electron chi connectivity index (χ3n) is 7.63. The van der Waals surface area contributed by atoms with Gasteiger partial charge in [0.2, 0.25) is 0 Å². The molecule has 1 unspecified atom stereocenters. The minimum Gasteiger partial charge on any atom is -0.414 e. The molecule has 19 heteroatoms. The molecule has 296 valence electrons. The fourth-order valence-electron chi connectivity index (χ4n) is 3.91. The molecule has 11 nitrogen and oxygen atoms in total. The van der Waals surface area contributed by atoms with E-state index in [9.17, 15) is 22.8 Å². The summed E-state index contributed by atoms with van der Waals surface area (Å²) in [4.78, 5) is 34.8. The van der Waals surface area contributed by atoms with Crippen LogP contribution in [0.3, 0.4) is 0 Å². The highest BCUT2D eigenvalue weighted by Gasteiger charge is 2.43. The van der Waals surface area contributed by atoms with Crippen LogP contribution in [-0.2, 0) is 23.4 Å². The Hall–Kier alpha value is -1.37. The zero-order chi connectivity index (χ0) is 39.5. The summed E-state index contributed by atoms with van der Waals surface area (Å²) in [5, 5.41) is 1.91. The zero-order valence-electron chi connectivity index (χ0n) is 32.1. The van der Waals surface area contributed by atoms with Gasteiger partial charge in [0.15, 0.2) is 14.1 Å². The van der Waals surface area contributed by atoms with E-state index in [-0.39, 0.29) is 40.8 Å². The van der Waals surface area contributed by atoms with Gasteiger partial charge >= 0.3 is 17.8 Å². The predicted molar refractivity (Wildman–Crippen MR) is 213 cm³/mol. The van der Waals surface area contributed by atoms with Gasteiger partial charge in [-0.05, 0) is 32.0 Å². The largest absolute Gasteiger partial charge is 0.471 e. The Morgan fingerprint density at radius 3 is 2.38 bits per heavy atom. The molecule has 0 bridgehead atoms. The smallest absolute Gasteiger partial charge is 0.414 e. The average molecular weight is 830 g/mol. The van der Waals surface area contributed by atoms with Crippen molar-refractivity contribution in [1.82, 2.24) is 19.8 Å². The highest BCUT2D eigenvalue weighted by molar-refractivity contribution is 8.77. The van der Waals surface area contributed by atoms with E-state index in [1.165, 1.54) is 32.5 Å². The summed E-state index contributed by atoms with van der Waals surface area (Å²) in [7, 11) is 7.43. The number of hydrogen-bond donors (Lipinski definition) is 1. The zero-order valence-corrected chi connectivity index (χ0v) is 36.4. The first-order valence-corrected chi connectivity index (χ1v) is 24.1. The van der Waals surface area contributed by atoms with Crippen molar-refractivity contribution in [2.45, 2.75) is 114 Å².